The fraction of sp³-hybridized carbons (Fsp3) is 1.00. The molecule has 1 saturated carbocycles. The fourth-order valence-electron chi connectivity index (χ4n) is 2.03. The summed E-state index contributed by atoms with van der Waals surface area (Å²) in [6.07, 6.45) is 8.41. The Morgan fingerprint density at radius 3 is 2.73 bits per heavy atom. The van der Waals surface area contributed by atoms with Crippen LogP contribution < -0.4 is 5.32 Å². The summed E-state index contributed by atoms with van der Waals surface area (Å²) in [5, 5.41) is 3.67. The molecular formula is C12H25NOS. The first-order valence-electron chi connectivity index (χ1n) is 6.23. The van der Waals surface area contributed by atoms with Crippen molar-refractivity contribution in [3.63, 3.8) is 0 Å². The maximum atomic E-state index is 5.01. The Morgan fingerprint density at radius 1 is 1.20 bits per heavy atom. The molecule has 0 aromatic carbocycles. The highest BCUT2D eigenvalue weighted by Gasteiger charge is 2.11. The van der Waals surface area contributed by atoms with Crippen LogP contribution in [-0.4, -0.2) is 37.8 Å². The van der Waals surface area contributed by atoms with Crippen LogP contribution in [0, 0.1) is 0 Å². The van der Waals surface area contributed by atoms with Gasteiger partial charge in [-0.2, -0.15) is 11.8 Å². The second kappa shape index (κ2) is 9.49. The molecule has 0 aromatic heterocycles. The summed E-state index contributed by atoms with van der Waals surface area (Å²) in [5.41, 5.74) is 0. The SMILES string of the molecule is COCCSCCCNC1CCCCC1. The van der Waals surface area contributed by atoms with Gasteiger partial charge >= 0.3 is 0 Å². The molecule has 1 rings (SSSR count). The van der Waals surface area contributed by atoms with E-state index in [1.807, 2.05) is 11.8 Å². The average molecular weight is 231 g/mol. The van der Waals surface area contributed by atoms with Crippen molar-refractivity contribution in [3.05, 3.63) is 0 Å². The van der Waals surface area contributed by atoms with E-state index in [4.69, 9.17) is 4.74 Å². The molecule has 0 radical (unpaired) electrons. The first-order valence-corrected chi connectivity index (χ1v) is 7.39. The van der Waals surface area contributed by atoms with Gasteiger partial charge in [0.2, 0.25) is 0 Å². The molecule has 0 amide bonds. The second-order valence-electron chi connectivity index (χ2n) is 4.25. The zero-order valence-corrected chi connectivity index (χ0v) is 10.8. The van der Waals surface area contributed by atoms with Crippen molar-refractivity contribution in [2.45, 2.75) is 44.6 Å². The Hall–Kier alpha value is 0.270. The average Bonchev–Trinajstić information content (AvgIpc) is 2.29. The third kappa shape index (κ3) is 7.20. The van der Waals surface area contributed by atoms with Crippen LogP contribution in [-0.2, 0) is 4.74 Å². The molecular weight excluding hydrogens is 206 g/mol. The standard InChI is InChI=1S/C12H25NOS/c1-14-9-11-15-10-5-8-13-12-6-3-2-4-7-12/h12-13H,2-11H2,1H3. The van der Waals surface area contributed by atoms with Gasteiger partial charge in [-0.05, 0) is 31.6 Å². The number of hydrogen-bond acceptors (Lipinski definition) is 3. The molecule has 0 spiro atoms. The minimum absolute atomic E-state index is 0.822. The normalized spacial score (nSPS) is 18.2. The Morgan fingerprint density at radius 2 is 2.00 bits per heavy atom. The van der Waals surface area contributed by atoms with Gasteiger partial charge in [-0.25, -0.2) is 0 Å². The monoisotopic (exact) mass is 231 g/mol. The molecule has 1 fully saturated rings. The smallest absolute Gasteiger partial charge is 0.0552 e. The molecule has 0 unspecified atom stereocenters. The van der Waals surface area contributed by atoms with E-state index < -0.39 is 0 Å². The van der Waals surface area contributed by atoms with Crippen LogP contribution in [0.3, 0.4) is 0 Å². The zero-order chi connectivity index (χ0) is 10.8. The van der Waals surface area contributed by atoms with E-state index in [1.54, 1.807) is 7.11 Å². The summed E-state index contributed by atoms with van der Waals surface area (Å²) in [7, 11) is 1.77. The van der Waals surface area contributed by atoms with Crippen molar-refractivity contribution in [3.8, 4) is 0 Å². The summed E-state index contributed by atoms with van der Waals surface area (Å²) in [5.74, 6) is 2.41. The maximum absolute atomic E-state index is 5.01. The highest BCUT2D eigenvalue weighted by Crippen LogP contribution is 2.17. The van der Waals surface area contributed by atoms with Crippen LogP contribution in [0.4, 0.5) is 0 Å². The predicted octanol–water partition coefficient (Wildman–Crippen LogP) is 2.68. The van der Waals surface area contributed by atoms with E-state index in [-0.39, 0.29) is 0 Å². The number of rotatable bonds is 8. The predicted molar refractivity (Wildman–Crippen MR) is 68.7 cm³/mol. The molecule has 2 nitrogen and oxygen atoms in total. The van der Waals surface area contributed by atoms with Crippen molar-refractivity contribution in [1.29, 1.82) is 0 Å². The van der Waals surface area contributed by atoms with Gasteiger partial charge < -0.3 is 10.1 Å². The van der Waals surface area contributed by atoms with Gasteiger partial charge in [0.1, 0.15) is 0 Å². The van der Waals surface area contributed by atoms with Crippen LogP contribution in [0.1, 0.15) is 38.5 Å². The maximum Gasteiger partial charge on any atom is 0.0552 e. The van der Waals surface area contributed by atoms with E-state index in [0.29, 0.717) is 0 Å². The number of hydrogen-bond donors (Lipinski definition) is 1. The number of thioether (sulfide) groups is 1. The highest BCUT2D eigenvalue weighted by molar-refractivity contribution is 7.99. The zero-order valence-electron chi connectivity index (χ0n) is 9.96. The molecule has 0 saturated heterocycles. The summed E-state index contributed by atoms with van der Waals surface area (Å²) in [6, 6.07) is 0.822. The molecule has 0 atom stereocenters. The molecule has 3 heteroatoms. The lowest BCUT2D eigenvalue weighted by atomic mass is 9.95. The Kier molecular flexibility index (Phi) is 8.44. The summed E-state index contributed by atoms with van der Waals surface area (Å²) in [6.45, 7) is 2.09. The summed E-state index contributed by atoms with van der Waals surface area (Å²) in [4.78, 5) is 0. The largest absolute Gasteiger partial charge is 0.384 e. The minimum Gasteiger partial charge on any atom is -0.384 e. The van der Waals surface area contributed by atoms with Gasteiger partial charge in [-0.15, -0.1) is 0 Å². The molecule has 90 valence electrons. The molecule has 1 aliphatic carbocycles. The molecule has 1 aliphatic rings. The van der Waals surface area contributed by atoms with E-state index in [1.165, 1.54) is 50.8 Å². The lowest BCUT2D eigenvalue weighted by Crippen LogP contribution is -2.31. The van der Waals surface area contributed by atoms with Gasteiger partial charge in [-0.1, -0.05) is 19.3 Å². The second-order valence-corrected chi connectivity index (χ2v) is 5.47. The van der Waals surface area contributed by atoms with Crippen LogP contribution in [0.15, 0.2) is 0 Å². The van der Waals surface area contributed by atoms with Crippen molar-refractivity contribution < 1.29 is 4.74 Å². The number of methoxy groups -OCH3 is 1. The molecule has 0 aliphatic heterocycles. The van der Waals surface area contributed by atoms with Crippen molar-refractivity contribution in [2.24, 2.45) is 0 Å². The van der Waals surface area contributed by atoms with E-state index in [2.05, 4.69) is 5.32 Å². The van der Waals surface area contributed by atoms with Crippen molar-refractivity contribution in [2.75, 3.05) is 31.8 Å². The number of nitrogens with one attached hydrogen (secondary N) is 1. The van der Waals surface area contributed by atoms with Crippen LogP contribution >= 0.6 is 11.8 Å². The van der Waals surface area contributed by atoms with Gasteiger partial charge in [-0.3, -0.25) is 0 Å². The lowest BCUT2D eigenvalue weighted by Gasteiger charge is -2.22. The summed E-state index contributed by atoms with van der Waals surface area (Å²) >= 11 is 2.00. The summed E-state index contributed by atoms with van der Waals surface area (Å²) < 4.78 is 5.01. The molecule has 0 heterocycles. The Labute approximate surface area is 98.5 Å². The Bertz CT molecular complexity index is 138. The van der Waals surface area contributed by atoms with Crippen molar-refractivity contribution >= 4 is 11.8 Å². The van der Waals surface area contributed by atoms with Crippen LogP contribution in [0.2, 0.25) is 0 Å². The third-order valence-electron chi connectivity index (χ3n) is 2.94. The van der Waals surface area contributed by atoms with Gasteiger partial charge in [0.05, 0.1) is 6.61 Å². The molecule has 1 N–H and O–H groups in total. The number of ether oxygens (including phenoxy) is 1. The van der Waals surface area contributed by atoms with Gasteiger partial charge in [0.15, 0.2) is 0 Å². The quantitative estimate of drug-likeness (QED) is 0.649. The van der Waals surface area contributed by atoms with Crippen molar-refractivity contribution in [1.82, 2.24) is 5.32 Å². The first kappa shape index (κ1) is 13.3. The molecule has 0 bridgehead atoms. The minimum atomic E-state index is 0.822. The van der Waals surface area contributed by atoms with E-state index >= 15 is 0 Å². The van der Waals surface area contributed by atoms with Crippen LogP contribution in [0.5, 0.6) is 0 Å². The highest BCUT2D eigenvalue weighted by atomic mass is 32.2. The molecule has 0 aromatic rings. The Balaban J connectivity index is 1.79. The topological polar surface area (TPSA) is 21.3 Å². The third-order valence-corrected chi connectivity index (χ3v) is 3.97. The van der Waals surface area contributed by atoms with E-state index in [9.17, 15) is 0 Å². The van der Waals surface area contributed by atoms with E-state index in [0.717, 1.165) is 18.4 Å². The lowest BCUT2D eigenvalue weighted by molar-refractivity contribution is 0.218. The fourth-order valence-corrected chi connectivity index (χ4v) is 2.87. The molecule has 15 heavy (non-hydrogen) atoms. The van der Waals surface area contributed by atoms with Crippen LogP contribution in [0.25, 0.3) is 0 Å². The van der Waals surface area contributed by atoms with Gasteiger partial charge in [0.25, 0.3) is 0 Å². The first-order chi connectivity index (χ1) is 7.43. The van der Waals surface area contributed by atoms with Gasteiger partial charge in [0, 0.05) is 18.9 Å².